The van der Waals surface area contributed by atoms with Gasteiger partial charge in [-0.2, -0.15) is 0 Å². The van der Waals surface area contributed by atoms with Gasteiger partial charge in [0.2, 0.25) is 10.0 Å². The van der Waals surface area contributed by atoms with Crippen molar-refractivity contribution in [1.29, 1.82) is 0 Å². The van der Waals surface area contributed by atoms with E-state index in [2.05, 4.69) is 5.48 Å². The largest absolute Gasteiger partial charge is 0.274 e. The number of nitrogens with one attached hydrogen (secondary N) is 1. The van der Waals surface area contributed by atoms with Crippen molar-refractivity contribution in [2.75, 3.05) is 14.1 Å². The average Bonchev–Trinajstić information content (AvgIpc) is 2.55. The molecule has 0 unspecified atom stereocenters. The second kappa shape index (κ2) is 7.36. The van der Waals surface area contributed by atoms with Gasteiger partial charge in [-0.3, -0.25) is 9.63 Å². The number of nitrogens with zero attached hydrogens (tertiary/aromatic N) is 1. The van der Waals surface area contributed by atoms with Crippen molar-refractivity contribution < 1.29 is 18.0 Å². The lowest BCUT2D eigenvalue weighted by Crippen LogP contribution is -2.25. The number of benzene rings is 2. The maximum absolute atomic E-state index is 12.1. The van der Waals surface area contributed by atoms with Crippen LogP contribution >= 0.6 is 0 Å². The Balaban J connectivity index is 2.03. The Hall–Kier alpha value is -2.22. The summed E-state index contributed by atoms with van der Waals surface area (Å²) in [6.07, 6.45) is 0. The molecule has 0 aromatic heterocycles. The molecule has 0 aliphatic rings. The normalized spacial score (nSPS) is 11.4. The highest BCUT2D eigenvalue weighted by molar-refractivity contribution is 7.89. The van der Waals surface area contributed by atoms with Gasteiger partial charge in [0, 0.05) is 19.7 Å². The van der Waals surface area contributed by atoms with Gasteiger partial charge in [0.05, 0.1) is 11.5 Å². The van der Waals surface area contributed by atoms with E-state index in [0.29, 0.717) is 0 Å². The highest BCUT2D eigenvalue weighted by atomic mass is 32.2. The van der Waals surface area contributed by atoms with Crippen LogP contribution in [0.15, 0.2) is 59.5 Å². The molecular weight excluding hydrogens is 316 g/mol. The van der Waals surface area contributed by atoms with Gasteiger partial charge >= 0.3 is 0 Å². The van der Waals surface area contributed by atoms with Gasteiger partial charge in [0.15, 0.2) is 0 Å². The molecule has 0 aliphatic carbocycles. The van der Waals surface area contributed by atoms with Crippen molar-refractivity contribution >= 4 is 15.9 Å². The number of hydroxylamine groups is 1. The van der Waals surface area contributed by atoms with Gasteiger partial charge in [-0.1, -0.05) is 36.4 Å². The van der Waals surface area contributed by atoms with Crippen LogP contribution in [-0.2, 0) is 21.5 Å². The summed E-state index contributed by atoms with van der Waals surface area (Å²) in [7, 11) is -0.713. The third-order valence-electron chi connectivity index (χ3n) is 3.12. The molecule has 0 atom stereocenters. The van der Waals surface area contributed by atoms with E-state index >= 15 is 0 Å². The summed E-state index contributed by atoms with van der Waals surface area (Å²) in [4.78, 5) is 17.2. The minimum atomic E-state index is -3.58. The predicted octanol–water partition coefficient (Wildman–Crippen LogP) is 1.80. The summed E-state index contributed by atoms with van der Waals surface area (Å²) >= 11 is 0. The Morgan fingerprint density at radius 3 is 2.43 bits per heavy atom. The minimum Gasteiger partial charge on any atom is -0.269 e. The Kier molecular flexibility index (Phi) is 5.49. The first kappa shape index (κ1) is 17.1. The van der Waals surface area contributed by atoms with Crippen LogP contribution in [0, 0.1) is 0 Å². The second-order valence-corrected chi connectivity index (χ2v) is 7.17. The Morgan fingerprint density at radius 2 is 1.78 bits per heavy atom. The van der Waals surface area contributed by atoms with Gasteiger partial charge < -0.3 is 0 Å². The lowest BCUT2D eigenvalue weighted by Gasteiger charge is -2.12. The Morgan fingerprint density at radius 1 is 1.09 bits per heavy atom. The quantitative estimate of drug-likeness (QED) is 0.817. The summed E-state index contributed by atoms with van der Waals surface area (Å²) in [5.74, 6) is -0.503. The first-order valence-corrected chi connectivity index (χ1v) is 8.34. The molecule has 1 N–H and O–H groups in total. The van der Waals surface area contributed by atoms with Crippen molar-refractivity contribution in [2.45, 2.75) is 11.5 Å². The lowest BCUT2D eigenvalue weighted by atomic mass is 10.2. The molecule has 7 heteroatoms. The predicted molar refractivity (Wildman–Crippen MR) is 86.0 cm³/mol. The number of hydrogen-bond acceptors (Lipinski definition) is 4. The van der Waals surface area contributed by atoms with Gasteiger partial charge in [0.25, 0.3) is 5.91 Å². The molecule has 23 heavy (non-hydrogen) atoms. The number of carbonyl (C=O) groups is 1. The summed E-state index contributed by atoms with van der Waals surface area (Å²) < 4.78 is 25.2. The topological polar surface area (TPSA) is 75.7 Å². The van der Waals surface area contributed by atoms with Gasteiger partial charge in [-0.15, -0.1) is 0 Å². The van der Waals surface area contributed by atoms with Crippen molar-refractivity contribution in [3.8, 4) is 0 Å². The molecule has 1 amide bonds. The number of amides is 1. The van der Waals surface area contributed by atoms with Crippen LogP contribution in [-0.4, -0.2) is 32.7 Å². The molecule has 0 radical (unpaired) electrons. The summed E-state index contributed by atoms with van der Waals surface area (Å²) in [6.45, 7) is 0.224. The van der Waals surface area contributed by atoms with E-state index < -0.39 is 15.9 Å². The molecule has 2 aromatic carbocycles. The van der Waals surface area contributed by atoms with Crippen LogP contribution in [0.25, 0.3) is 0 Å². The number of hydrogen-bond donors (Lipinski definition) is 1. The van der Waals surface area contributed by atoms with E-state index in [9.17, 15) is 13.2 Å². The van der Waals surface area contributed by atoms with E-state index in [0.717, 1.165) is 9.87 Å². The Labute approximate surface area is 135 Å². The molecule has 2 rings (SSSR count). The van der Waals surface area contributed by atoms with Crippen LogP contribution in [0.5, 0.6) is 0 Å². The monoisotopic (exact) mass is 334 g/mol. The van der Waals surface area contributed by atoms with Gasteiger partial charge in [0.1, 0.15) is 0 Å². The molecule has 0 spiro atoms. The summed E-state index contributed by atoms with van der Waals surface area (Å²) in [5, 5.41) is 0. The Bertz CT molecular complexity index is 774. The van der Waals surface area contributed by atoms with Crippen LogP contribution in [0.3, 0.4) is 0 Å². The molecule has 0 saturated carbocycles. The molecular formula is C16H18N2O4S. The van der Waals surface area contributed by atoms with E-state index in [4.69, 9.17) is 4.84 Å². The zero-order chi connectivity index (χ0) is 16.9. The number of sulfonamides is 1. The first-order chi connectivity index (χ1) is 10.9. The third kappa shape index (κ3) is 4.38. The maximum atomic E-state index is 12.1. The van der Waals surface area contributed by atoms with E-state index in [1.807, 2.05) is 30.3 Å². The van der Waals surface area contributed by atoms with Crippen molar-refractivity contribution in [3.63, 3.8) is 0 Å². The van der Waals surface area contributed by atoms with Crippen molar-refractivity contribution in [3.05, 3.63) is 65.7 Å². The molecule has 0 bridgehead atoms. The van der Waals surface area contributed by atoms with Gasteiger partial charge in [-0.25, -0.2) is 18.2 Å². The van der Waals surface area contributed by atoms with E-state index in [1.54, 1.807) is 0 Å². The first-order valence-electron chi connectivity index (χ1n) is 6.90. The third-order valence-corrected chi connectivity index (χ3v) is 4.93. The van der Waals surface area contributed by atoms with Crippen molar-refractivity contribution in [1.82, 2.24) is 9.79 Å². The molecule has 0 heterocycles. The number of rotatable bonds is 6. The summed E-state index contributed by atoms with van der Waals surface area (Å²) in [6, 6.07) is 15.2. The zero-order valence-corrected chi connectivity index (χ0v) is 13.7. The highest BCUT2D eigenvalue weighted by Gasteiger charge is 2.18. The fraction of sp³-hybridized carbons (Fsp3) is 0.188. The minimum absolute atomic E-state index is 0.0539. The zero-order valence-electron chi connectivity index (χ0n) is 12.9. The maximum Gasteiger partial charge on any atom is 0.274 e. The second-order valence-electron chi connectivity index (χ2n) is 5.02. The van der Waals surface area contributed by atoms with E-state index in [-0.39, 0.29) is 17.1 Å². The van der Waals surface area contributed by atoms with Crippen molar-refractivity contribution in [2.24, 2.45) is 0 Å². The SMILES string of the molecule is CN(C)S(=O)(=O)c1cccc(C(=O)NOCc2ccccc2)c1. The van der Waals surface area contributed by atoms with E-state index in [1.165, 1.54) is 38.4 Å². The van der Waals surface area contributed by atoms with Crippen LogP contribution in [0.1, 0.15) is 15.9 Å². The fourth-order valence-electron chi connectivity index (χ4n) is 1.83. The smallest absolute Gasteiger partial charge is 0.269 e. The van der Waals surface area contributed by atoms with Crippen LogP contribution < -0.4 is 5.48 Å². The number of carbonyl (C=O) groups excluding carboxylic acids is 1. The van der Waals surface area contributed by atoms with Crippen LogP contribution in [0.4, 0.5) is 0 Å². The molecule has 122 valence electrons. The molecule has 0 fully saturated rings. The van der Waals surface area contributed by atoms with Gasteiger partial charge in [-0.05, 0) is 23.8 Å². The standard InChI is InChI=1S/C16H18N2O4S/c1-18(2)23(20,21)15-10-6-9-14(11-15)16(19)17-22-12-13-7-4-3-5-8-13/h3-11H,12H2,1-2H3,(H,17,19). The van der Waals surface area contributed by atoms with Crippen LogP contribution in [0.2, 0.25) is 0 Å². The summed E-state index contributed by atoms with van der Waals surface area (Å²) in [5.41, 5.74) is 3.43. The highest BCUT2D eigenvalue weighted by Crippen LogP contribution is 2.14. The molecule has 6 nitrogen and oxygen atoms in total. The molecule has 2 aromatic rings. The molecule has 0 saturated heterocycles. The fourth-order valence-corrected chi connectivity index (χ4v) is 2.77. The lowest BCUT2D eigenvalue weighted by molar-refractivity contribution is 0.0233. The average molecular weight is 334 g/mol. The molecule has 0 aliphatic heterocycles.